The van der Waals surface area contributed by atoms with E-state index >= 15 is 0 Å². The van der Waals surface area contributed by atoms with Gasteiger partial charge in [-0.15, -0.1) is 0 Å². The highest BCUT2D eigenvalue weighted by Crippen LogP contribution is 2.22. The maximum absolute atomic E-state index is 12.0. The van der Waals surface area contributed by atoms with Crippen LogP contribution < -0.4 is 10.2 Å². The van der Waals surface area contributed by atoms with Gasteiger partial charge in [-0.3, -0.25) is 14.8 Å². The quantitative estimate of drug-likeness (QED) is 0.527. The molecule has 1 amide bonds. The van der Waals surface area contributed by atoms with Crippen LogP contribution in [0, 0.1) is 0 Å². The molecule has 5 heteroatoms. The number of carbonyl (C=O) groups is 1. The molecule has 0 spiro atoms. The van der Waals surface area contributed by atoms with Crippen LogP contribution in [0.5, 0.6) is 0 Å². The van der Waals surface area contributed by atoms with Gasteiger partial charge in [0.1, 0.15) is 5.71 Å². The lowest BCUT2D eigenvalue weighted by atomic mass is 10.1. The molecule has 1 heterocycles. The zero-order valence-electron chi connectivity index (χ0n) is 16.7. The van der Waals surface area contributed by atoms with Crippen LogP contribution in [0.25, 0.3) is 0 Å². The monoisotopic (exact) mass is 376 g/mol. The molecule has 0 bridgehead atoms. The number of nitrogens with zero attached hydrogens (tertiary/aromatic N) is 3. The van der Waals surface area contributed by atoms with Crippen molar-refractivity contribution >= 4 is 29.2 Å². The van der Waals surface area contributed by atoms with Crippen molar-refractivity contribution < 1.29 is 4.79 Å². The number of para-hydroxylation sites is 1. The zero-order valence-corrected chi connectivity index (χ0v) is 16.7. The molecule has 0 radical (unpaired) electrons. The first kappa shape index (κ1) is 19.8. The summed E-state index contributed by atoms with van der Waals surface area (Å²) >= 11 is 0. The van der Waals surface area contributed by atoms with Crippen molar-refractivity contribution in [3.8, 4) is 0 Å². The average Bonchev–Trinajstić information content (AvgIpc) is 3.02. The number of rotatable bonds is 9. The molecule has 0 fully saturated rings. The van der Waals surface area contributed by atoms with Crippen LogP contribution in [0.15, 0.2) is 58.5 Å². The summed E-state index contributed by atoms with van der Waals surface area (Å²) in [7, 11) is 4.08. The molecular formula is C23H28N4O. The molecule has 1 N–H and O–H groups in total. The number of amides is 1. The van der Waals surface area contributed by atoms with Gasteiger partial charge in [-0.2, -0.15) is 0 Å². The van der Waals surface area contributed by atoms with Gasteiger partial charge >= 0.3 is 0 Å². The first-order chi connectivity index (χ1) is 13.6. The number of aliphatic imine (C=N–C) groups is 2. The van der Waals surface area contributed by atoms with Crippen LogP contribution in [-0.4, -0.2) is 45.0 Å². The third-order valence-corrected chi connectivity index (χ3v) is 4.76. The normalized spacial score (nSPS) is 14.5. The molecular weight excluding hydrogens is 348 g/mol. The van der Waals surface area contributed by atoms with Crippen molar-refractivity contribution in [2.24, 2.45) is 9.98 Å². The lowest BCUT2D eigenvalue weighted by Crippen LogP contribution is -2.14. The predicted molar refractivity (Wildman–Crippen MR) is 118 cm³/mol. The molecule has 28 heavy (non-hydrogen) atoms. The van der Waals surface area contributed by atoms with Gasteiger partial charge in [0.2, 0.25) is 0 Å². The smallest absolute Gasteiger partial charge is 0.274 e. The number of unbranched alkanes of at least 4 members (excludes halogenated alkanes) is 3. The SMILES string of the molecule is CN(C)c1ccc(C=NCCCCCCN=C2C(=O)Nc3ccccc32)cc1. The second-order valence-electron chi connectivity index (χ2n) is 7.17. The Kier molecular flexibility index (Phi) is 6.95. The molecule has 146 valence electrons. The first-order valence-corrected chi connectivity index (χ1v) is 9.87. The molecule has 0 atom stereocenters. The maximum Gasteiger partial charge on any atom is 0.274 e. The minimum absolute atomic E-state index is 0.0887. The summed E-state index contributed by atoms with van der Waals surface area (Å²) in [6.45, 7) is 1.54. The Labute approximate surface area is 167 Å². The predicted octanol–water partition coefficient (Wildman–Crippen LogP) is 4.17. The minimum Gasteiger partial charge on any atom is -0.378 e. The molecule has 3 rings (SSSR count). The fraction of sp³-hybridized carbons (Fsp3) is 0.348. The summed E-state index contributed by atoms with van der Waals surface area (Å²) in [5, 5.41) is 2.86. The fourth-order valence-corrected chi connectivity index (χ4v) is 3.15. The van der Waals surface area contributed by atoms with Crippen molar-refractivity contribution in [2.45, 2.75) is 25.7 Å². The van der Waals surface area contributed by atoms with E-state index in [0.29, 0.717) is 12.3 Å². The minimum atomic E-state index is -0.0887. The van der Waals surface area contributed by atoms with Crippen LogP contribution in [-0.2, 0) is 4.79 Å². The Balaban J connectivity index is 1.32. The molecule has 1 aliphatic rings. The van der Waals surface area contributed by atoms with Gasteiger partial charge in [0, 0.05) is 44.7 Å². The number of anilines is 2. The van der Waals surface area contributed by atoms with Crippen LogP contribution in [0.3, 0.4) is 0 Å². The zero-order chi connectivity index (χ0) is 19.8. The molecule has 2 aromatic rings. The van der Waals surface area contributed by atoms with Gasteiger partial charge in [-0.05, 0) is 36.6 Å². The molecule has 2 aromatic carbocycles. The van der Waals surface area contributed by atoms with Gasteiger partial charge in [0.05, 0.1) is 5.69 Å². The summed E-state index contributed by atoms with van der Waals surface area (Å²) in [5.41, 5.74) is 4.68. The number of fused-ring (bicyclic) bond motifs is 1. The molecule has 0 aromatic heterocycles. The van der Waals surface area contributed by atoms with Crippen molar-refractivity contribution in [2.75, 3.05) is 37.4 Å². The summed E-state index contributed by atoms with van der Waals surface area (Å²) in [6, 6.07) is 16.1. The van der Waals surface area contributed by atoms with Gasteiger partial charge in [0.15, 0.2) is 0 Å². The second kappa shape index (κ2) is 9.83. The number of hydrogen-bond acceptors (Lipinski definition) is 4. The number of benzene rings is 2. The molecule has 1 aliphatic heterocycles. The van der Waals surface area contributed by atoms with E-state index in [1.807, 2.05) is 44.6 Å². The lowest BCUT2D eigenvalue weighted by Gasteiger charge is -2.11. The highest BCUT2D eigenvalue weighted by Gasteiger charge is 2.24. The lowest BCUT2D eigenvalue weighted by molar-refractivity contribution is -0.110. The Morgan fingerprint density at radius 1 is 0.929 bits per heavy atom. The molecule has 5 nitrogen and oxygen atoms in total. The number of hydrogen-bond donors (Lipinski definition) is 1. The third kappa shape index (κ3) is 5.28. The van der Waals surface area contributed by atoms with Crippen LogP contribution in [0.4, 0.5) is 11.4 Å². The third-order valence-electron chi connectivity index (χ3n) is 4.76. The van der Waals surface area contributed by atoms with Gasteiger partial charge in [0.25, 0.3) is 5.91 Å². The van der Waals surface area contributed by atoms with Gasteiger partial charge < -0.3 is 10.2 Å². The van der Waals surface area contributed by atoms with Crippen molar-refractivity contribution in [1.82, 2.24) is 0 Å². The van der Waals surface area contributed by atoms with E-state index in [9.17, 15) is 4.79 Å². The Hall–Kier alpha value is -2.95. The van der Waals surface area contributed by atoms with Crippen LogP contribution in [0.2, 0.25) is 0 Å². The fourth-order valence-electron chi connectivity index (χ4n) is 3.15. The Bertz CT molecular complexity index is 853. The molecule has 0 aliphatic carbocycles. The van der Waals surface area contributed by atoms with E-state index in [-0.39, 0.29) is 5.91 Å². The van der Waals surface area contributed by atoms with E-state index < -0.39 is 0 Å². The molecule has 0 unspecified atom stereocenters. The summed E-state index contributed by atoms with van der Waals surface area (Å²) in [6.07, 6.45) is 6.25. The van der Waals surface area contributed by atoms with Gasteiger partial charge in [-0.25, -0.2) is 0 Å². The summed E-state index contributed by atoms with van der Waals surface area (Å²) in [4.78, 5) is 23.1. The van der Waals surface area contributed by atoms with E-state index in [1.165, 1.54) is 5.69 Å². The second-order valence-corrected chi connectivity index (χ2v) is 7.17. The van der Waals surface area contributed by atoms with Crippen molar-refractivity contribution in [1.29, 1.82) is 0 Å². The molecule has 0 saturated heterocycles. The van der Waals surface area contributed by atoms with E-state index in [2.05, 4.69) is 44.5 Å². The van der Waals surface area contributed by atoms with E-state index in [0.717, 1.165) is 49.0 Å². The van der Waals surface area contributed by atoms with Crippen molar-refractivity contribution in [3.05, 3.63) is 59.7 Å². The Morgan fingerprint density at radius 3 is 2.39 bits per heavy atom. The summed E-state index contributed by atoms with van der Waals surface area (Å²) < 4.78 is 0. The van der Waals surface area contributed by atoms with Crippen LogP contribution >= 0.6 is 0 Å². The highest BCUT2D eigenvalue weighted by molar-refractivity contribution is 6.53. The standard InChI is InChI=1S/C23H28N4O/c1-27(2)19-13-11-18(12-14-19)17-24-15-7-3-4-8-16-25-22-20-9-5-6-10-21(20)26-23(22)28/h5-6,9-14,17H,3-4,7-8,15-16H2,1-2H3,(H,25,26,28). The summed E-state index contributed by atoms with van der Waals surface area (Å²) in [5.74, 6) is -0.0887. The highest BCUT2D eigenvalue weighted by atomic mass is 16.2. The maximum atomic E-state index is 12.0. The average molecular weight is 377 g/mol. The topological polar surface area (TPSA) is 57.1 Å². The van der Waals surface area contributed by atoms with Crippen molar-refractivity contribution in [3.63, 3.8) is 0 Å². The number of nitrogens with one attached hydrogen (secondary N) is 1. The first-order valence-electron chi connectivity index (χ1n) is 9.87. The Morgan fingerprint density at radius 2 is 1.64 bits per heavy atom. The number of carbonyl (C=O) groups excluding carboxylic acids is 1. The van der Waals surface area contributed by atoms with E-state index in [1.54, 1.807) is 0 Å². The van der Waals surface area contributed by atoms with Gasteiger partial charge in [-0.1, -0.05) is 43.2 Å². The van der Waals surface area contributed by atoms with E-state index in [4.69, 9.17) is 0 Å². The van der Waals surface area contributed by atoms with Crippen LogP contribution in [0.1, 0.15) is 36.8 Å². The largest absolute Gasteiger partial charge is 0.378 e. The molecule has 0 saturated carbocycles.